The van der Waals surface area contributed by atoms with Crippen molar-refractivity contribution >= 4 is 17.5 Å². The van der Waals surface area contributed by atoms with Gasteiger partial charge in [0.1, 0.15) is 0 Å². The van der Waals surface area contributed by atoms with Crippen molar-refractivity contribution in [2.75, 3.05) is 10.6 Å². The quantitative estimate of drug-likeness (QED) is 0.807. The van der Waals surface area contributed by atoms with E-state index in [4.69, 9.17) is 0 Å². The summed E-state index contributed by atoms with van der Waals surface area (Å²) in [4.78, 5) is 21.0. The zero-order chi connectivity index (χ0) is 17.6. The number of anilines is 2. The van der Waals surface area contributed by atoms with Crippen LogP contribution in [0.3, 0.4) is 0 Å². The molecule has 0 bridgehead atoms. The van der Waals surface area contributed by atoms with E-state index in [0.717, 1.165) is 11.3 Å². The fourth-order valence-electron chi connectivity index (χ4n) is 3.15. The van der Waals surface area contributed by atoms with Gasteiger partial charge >= 0.3 is 0 Å². The Morgan fingerprint density at radius 3 is 2.32 bits per heavy atom. The monoisotopic (exact) mass is 338 g/mol. The Kier molecular flexibility index (Phi) is 5.64. The minimum absolute atomic E-state index is 0.190. The Morgan fingerprint density at radius 1 is 1.00 bits per heavy atom. The highest BCUT2D eigenvalue weighted by molar-refractivity contribution is 6.03. The molecule has 25 heavy (non-hydrogen) atoms. The SMILES string of the molecule is Cc1ccc(NC(=O)c2cnc(NC3CCCCCC3)nc2)cc1C. The second-order valence-electron chi connectivity index (χ2n) is 6.88. The molecule has 2 aromatic rings. The van der Waals surface area contributed by atoms with Crippen molar-refractivity contribution in [3.63, 3.8) is 0 Å². The molecule has 0 unspecified atom stereocenters. The number of nitrogens with zero attached hydrogens (tertiary/aromatic N) is 2. The smallest absolute Gasteiger partial charge is 0.258 e. The molecule has 1 fully saturated rings. The van der Waals surface area contributed by atoms with E-state index in [1.54, 1.807) is 12.4 Å². The lowest BCUT2D eigenvalue weighted by Gasteiger charge is -2.16. The van der Waals surface area contributed by atoms with Crippen molar-refractivity contribution < 1.29 is 4.79 Å². The molecule has 1 aromatic carbocycles. The zero-order valence-electron chi connectivity index (χ0n) is 15.0. The van der Waals surface area contributed by atoms with Crippen LogP contribution in [-0.2, 0) is 0 Å². The molecule has 1 aliphatic rings. The maximum absolute atomic E-state index is 12.3. The van der Waals surface area contributed by atoms with Crippen LogP contribution in [0, 0.1) is 13.8 Å². The number of benzene rings is 1. The van der Waals surface area contributed by atoms with Gasteiger partial charge in [0.15, 0.2) is 0 Å². The van der Waals surface area contributed by atoms with E-state index in [-0.39, 0.29) is 5.91 Å². The Bertz CT molecular complexity index is 719. The standard InChI is InChI=1S/C20H26N4O/c1-14-9-10-18(11-15(14)2)23-19(25)16-12-21-20(22-13-16)24-17-7-5-3-4-6-8-17/h9-13,17H,3-8H2,1-2H3,(H,23,25)(H,21,22,24). The first-order valence-electron chi connectivity index (χ1n) is 9.09. The van der Waals surface area contributed by atoms with Crippen LogP contribution in [0.2, 0.25) is 0 Å². The van der Waals surface area contributed by atoms with E-state index in [0.29, 0.717) is 17.6 Å². The zero-order valence-corrected chi connectivity index (χ0v) is 15.0. The third-order valence-electron chi connectivity index (χ3n) is 4.87. The number of aryl methyl sites for hydroxylation is 2. The summed E-state index contributed by atoms with van der Waals surface area (Å²) in [6.07, 6.45) is 10.6. The van der Waals surface area contributed by atoms with Gasteiger partial charge in [0.05, 0.1) is 5.56 Å². The van der Waals surface area contributed by atoms with E-state index in [2.05, 4.69) is 27.5 Å². The van der Waals surface area contributed by atoms with Gasteiger partial charge in [0.2, 0.25) is 5.95 Å². The molecule has 2 N–H and O–H groups in total. The second-order valence-corrected chi connectivity index (χ2v) is 6.88. The van der Waals surface area contributed by atoms with Crippen LogP contribution in [0.15, 0.2) is 30.6 Å². The van der Waals surface area contributed by atoms with Crippen molar-refractivity contribution in [1.82, 2.24) is 9.97 Å². The molecule has 1 aliphatic carbocycles. The van der Waals surface area contributed by atoms with Crippen molar-refractivity contribution in [3.05, 3.63) is 47.3 Å². The lowest BCUT2D eigenvalue weighted by Crippen LogP contribution is -2.20. The maximum Gasteiger partial charge on any atom is 0.258 e. The molecule has 0 aliphatic heterocycles. The lowest BCUT2D eigenvalue weighted by atomic mass is 10.1. The van der Waals surface area contributed by atoms with Gasteiger partial charge in [-0.3, -0.25) is 4.79 Å². The summed E-state index contributed by atoms with van der Waals surface area (Å²) in [5, 5.41) is 6.29. The number of hydrogen-bond donors (Lipinski definition) is 2. The first kappa shape index (κ1) is 17.4. The molecule has 0 spiro atoms. The predicted octanol–water partition coefficient (Wildman–Crippen LogP) is 4.48. The average Bonchev–Trinajstić information content (AvgIpc) is 2.87. The van der Waals surface area contributed by atoms with Crippen molar-refractivity contribution in [2.24, 2.45) is 0 Å². The summed E-state index contributed by atoms with van der Waals surface area (Å²) in [6.45, 7) is 4.08. The molecule has 0 atom stereocenters. The summed E-state index contributed by atoms with van der Waals surface area (Å²) >= 11 is 0. The van der Waals surface area contributed by atoms with E-state index in [1.165, 1.54) is 44.1 Å². The molecule has 5 nitrogen and oxygen atoms in total. The highest BCUT2D eigenvalue weighted by atomic mass is 16.1. The number of hydrogen-bond acceptors (Lipinski definition) is 4. The van der Waals surface area contributed by atoms with Crippen molar-refractivity contribution in [2.45, 2.75) is 58.4 Å². The molecule has 1 heterocycles. The lowest BCUT2D eigenvalue weighted by molar-refractivity contribution is 0.102. The Balaban J connectivity index is 1.60. The minimum atomic E-state index is -0.190. The van der Waals surface area contributed by atoms with Crippen LogP contribution < -0.4 is 10.6 Å². The molecular weight excluding hydrogens is 312 g/mol. The van der Waals surface area contributed by atoms with Crippen LogP contribution in [0.4, 0.5) is 11.6 Å². The number of carbonyl (C=O) groups is 1. The third kappa shape index (κ3) is 4.78. The topological polar surface area (TPSA) is 66.9 Å². The highest BCUT2D eigenvalue weighted by Crippen LogP contribution is 2.20. The molecule has 1 amide bonds. The van der Waals surface area contributed by atoms with Gasteiger partial charge in [-0.15, -0.1) is 0 Å². The molecule has 132 valence electrons. The van der Waals surface area contributed by atoms with Gasteiger partial charge in [0, 0.05) is 24.1 Å². The van der Waals surface area contributed by atoms with Crippen LogP contribution in [0.1, 0.15) is 60.0 Å². The summed E-state index contributed by atoms with van der Waals surface area (Å²) < 4.78 is 0. The predicted molar refractivity (Wildman–Crippen MR) is 101 cm³/mol. The maximum atomic E-state index is 12.3. The molecule has 1 saturated carbocycles. The average molecular weight is 338 g/mol. The molecule has 0 saturated heterocycles. The van der Waals surface area contributed by atoms with Gasteiger partial charge in [0.25, 0.3) is 5.91 Å². The largest absolute Gasteiger partial charge is 0.351 e. The van der Waals surface area contributed by atoms with E-state index >= 15 is 0 Å². The summed E-state index contributed by atoms with van der Waals surface area (Å²) in [7, 11) is 0. The molecular formula is C20H26N4O. The van der Waals surface area contributed by atoms with Crippen LogP contribution in [0.25, 0.3) is 0 Å². The Morgan fingerprint density at radius 2 is 1.68 bits per heavy atom. The fraction of sp³-hybridized carbons (Fsp3) is 0.450. The van der Waals surface area contributed by atoms with Gasteiger partial charge < -0.3 is 10.6 Å². The van der Waals surface area contributed by atoms with Crippen LogP contribution in [-0.4, -0.2) is 21.9 Å². The highest BCUT2D eigenvalue weighted by Gasteiger charge is 2.14. The first-order chi connectivity index (χ1) is 12.1. The van der Waals surface area contributed by atoms with E-state index in [9.17, 15) is 4.79 Å². The van der Waals surface area contributed by atoms with Crippen LogP contribution >= 0.6 is 0 Å². The normalized spacial score (nSPS) is 15.4. The second kappa shape index (κ2) is 8.10. The third-order valence-corrected chi connectivity index (χ3v) is 4.87. The number of amides is 1. The summed E-state index contributed by atoms with van der Waals surface area (Å²) in [6, 6.07) is 6.32. The van der Waals surface area contributed by atoms with Gasteiger partial charge in [-0.1, -0.05) is 31.7 Å². The summed E-state index contributed by atoms with van der Waals surface area (Å²) in [5.41, 5.74) is 3.60. The van der Waals surface area contributed by atoms with Crippen molar-refractivity contribution in [1.29, 1.82) is 0 Å². The van der Waals surface area contributed by atoms with Crippen molar-refractivity contribution in [3.8, 4) is 0 Å². The van der Waals surface area contributed by atoms with Gasteiger partial charge in [-0.2, -0.15) is 0 Å². The Labute approximate surface area is 149 Å². The van der Waals surface area contributed by atoms with Gasteiger partial charge in [-0.25, -0.2) is 9.97 Å². The van der Waals surface area contributed by atoms with E-state index < -0.39 is 0 Å². The first-order valence-corrected chi connectivity index (χ1v) is 9.09. The van der Waals surface area contributed by atoms with E-state index in [1.807, 2.05) is 25.1 Å². The number of nitrogens with one attached hydrogen (secondary N) is 2. The van der Waals surface area contributed by atoms with Crippen LogP contribution in [0.5, 0.6) is 0 Å². The molecule has 0 radical (unpaired) electrons. The number of carbonyl (C=O) groups excluding carboxylic acids is 1. The number of rotatable bonds is 4. The molecule has 5 heteroatoms. The molecule has 1 aromatic heterocycles. The number of aromatic nitrogens is 2. The fourth-order valence-corrected chi connectivity index (χ4v) is 3.15. The summed E-state index contributed by atoms with van der Waals surface area (Å²) in [5.74, 6) is 0.416. The van der Waals surface area contributed by atoms with Gasteiger partial charge in [-0.05, 0) is 49.9 Å². The Hall–Kier alpha value is -2.43. The molecule has 3 rings (SSSR count). The minimum Gasteiger partial charge on any atom is -0.351 e.